The lowest BCUT2D eigenvalue weighted by Crippen LogP contribution is -2.03. The lowest BCUT2D eigenvalue weighted by atomic mass is 9.88. The van der Waals surface area contributed by atoms with Gasteiger partial charge in [0.1, 0.15) is 0 Å². The fourth-order valence-electron chi connectivity index (χ4n) is 1.60. The molecule has 1 fully saturated rings. The van der Waals surface area contributed by atoms with Crippen LogP contribution < -0.4 is 5.73 Å². The molecule has 0 amide bonds. The molecule has 0 spiro atoms. The molecular weight excluding hydrogens is 158 g/mol. The zero-order valence-electron chi connectivity index (χ0n) is 10.1. The van der Waals surface area contributed by atoms with Crippen molar-refractivity contribution in [1.82, 2.24) is 0 Å². The van der Waals surface area contributed by atoms with Gasteiger partial charge in [0.2, 0.25) is 0 Å². The summed E-state index contributed by atoms with van der Waals surface area (Å²) in [5, 5.41) is 0. The Bertz CT molecular complexity index is 65.5. The highest BCUT2D eigenvalue weighted by Crippen LogP contribution is 2.25. The van der Waals surface area contributed by atoms with Gasteiger partial charge in [0.05, 0.1) is 0 Å². The first-order valence-corrected chi connectivity index (χ1v) is 6.05. The zero-order chi connectivity index (χ0) is 10.5. The molecule has 82 valence electrons. The molecule has 0 unspecified atom stereocenters. The van der Waals surface area contributed by atoms with Gasteiger partial charge in [-0.25, -0.2) is 0 Å². The van der Waals surface area contributed by atoms with E-state index in [0.717, 1.165) is 12.5 Å². The lowest BCUT2D eigenvalue weighted by Gasteiger charge is -2.18. The summed E-state index contributed by atoms with van der Waals surface area (Å²) in [5.74, 6) is 1.09. The highest BCUT2D eigenvalue weighted by molar-refractivity contribution is 4.63. The first kappa shape index (κ1) is 15.4. The molecule has 2 N–H and O–H groups in total. The van der Waals surface area contributed by atoms with Crippen molar-refractivity contribution < 1.29 is 0 Å². The van der Waals surface area contributed by atoms with Crippen LogP contribution >= 0.6 is 0 Å². The fraction of sp³-hybridized carbons (Fsp3) is 1.00. The first-order chi connectivity index (χ1) is 6.35. The largest absolute Gasteiger partial charge is 0.331 e. The van der Waals surface area contributed by atoms with Crippen LogP contribution in [0, 0.1) is 5.92 Å². The quantitative estimate of drug-likeness (QED) is 0.660. The second kappa shape index (κ2) is 14.5. The molecule has 1 rings (SSSR count). The third-order valence-corrected chi connectivity index (χ3v) is 2.30. The molecule has 0 saturated heterocycles. The summed E-state index contributed by atoms with van der Waals surface area (Å²) < 4.78 is 0. The maximum Gasteiger partial charge on any atom is -0.0106 e. The van der Waals surface area contributed by atoms with Crippen LogP contribution in [0.5, 0.6) is 0 Å². The van der Waals surface area contributed by atoms with Gasteiger partial charge < -0.3 is 5.73 Å². The molecule has 0 aliphatic heterocycles. The minimum atomic E-state index is 0.750. The molecule has 1 saturated carbocycles. The first-order valence-electron chi connectivity index (χ1n) is 6.05. The van der Waals surface area contributed by atoms with Crippen LogP contribution in [0.15, 0.2) is 0 Å². The summed E-state index contributed by atoms with van der Waals surface area (Å²) in [6.45, 7) is 8.97. The van der Waals surface area contributed by atoms with Crippen LogP contribution in [-0.2, 0) is 0 Å². The molecule has 13 heavy (non-hydrogen) atoms. The summed E-state index contributed by atoms with van der Waals surface area (Å²) in [6, 6.07) is 0. The summed E-state index contributed by atoms with van der Waals surface area (Å²) >= 11 is 0. The highest BCUT2D eigenvalue weighted by Gasteiger charge is 2.09. The van der Waals surface area contributed by atoms with Gasteiger partial charge in [0.15, 0.2) is 0 Å². The maximum atomic E-state index is 4.85. The molecule has 0 aromatic rings. The molecule has 0 heterocycles. The summed E-state index contributed by atoms with van der Waals surface area (Å²) in [5.41, 5.74) is 4.85. The van der Waals surface area contributed by atoms with Crippen molar-refractivity contribution in [1.29, 1.82) is 0 Å². The Balaban J connectivity index is 0. The summed E-state index contributed by atoms with van der Waals surface area (Å²) in [4.78, 5) is 0. The standard InChI is InChI=1S/C8H16.C2H7N.C2H6/c1-2-8-6-4-3-5-7-8;1-2-3;1-2/h8H,2-7H2,1H3;2-3H2,1H3;1-2H3. The number of hydrogen-bond acceptors (Lipinski definition) is 1. The van der Waals surface area contributed by atoms with Crippen LogP contribution in [0.1, 0.15) is 66.2 Å². The average molecular weight is 187 g/mol. The Morgan fingerprint density at radius 3 is 1.62 bits per heavy atom. The van der Waals surface area contributed by atoms with Gasteiger partial charge in [0, 0.05) is 0 Å². The Morgan fingerprint density at radius 2 is 1.38 bits per heavy atom. The van der Waals surface area contributed by atoms with Gasteiger partial charge in [-0.15, -0.1) is 0 Å². The van der Waals surface area contributed by atoms with Gasteiger partial charge in [-0.05, 0) is 12.5 Å². The normalized spacial score (nSPS) is 16.4. The topological polar surface area (TPSA) is 26.0 Å². The van der Waals surface area contributed by atoms with Gasteiger partial charge >= 0.3 is 0 Å². The SMILES string of the molecule is CC.CCC1CCCCC1.CCN. The third-order valence-electron chi connectivity index (χ3n) is 2.30. The molecule has 1 aliphatic carbocycles. The summed E-state index contributed by atoms with van der Waals surface area (Å²) in [6.07, 6.45) is 8.93. The monoisotopic (exact) mass is 187 g/mol. The number of nitrogens with two attached hydrogens (primary N) is 1. The molecule has 1 aliphatic rings. The van der Waals surface area contributed by atoms with E-state index in [9.17, 15) is 0 Å². The maximum absolute atomic E-state index is 4.85. The number of rotatable bonds is 1. The second-order valence-corrected chi connectivity index (χ2v) is 3.32. The van der Waals surface area contributed by atoms with Crippen LogP contribution in [0.25, 0.3) is 0 Å². The third kappa shape index (κ3) is 12.0. The smallest absolute Gasteiger partial charge is 0.0106 e. The van der Waals surface area contributed by atoms with E-state index in [0.29, 0.717) is 0 Å². The van der Waals surface area contributed by atoms with Crippen molar-refractivity contribution in [2.24, 2.45) is 11.7 Å². The molecule has 0 bridgehead atoms. The molecule has 1 heteroatoms. The van der Waals surface area contributed by atoms with E-state index in [1.807, 2.05) is 20.8 Å². The molecule has 0 radical (unpaired) electrons. The molecule has 0 atom stereocenters. The lowest BCUT2D eigenvalue weighted by molar-refractivity contribution is 0.349. The van der Waals surface area contributed by atoms with Crippen molar-refractivity contribution in [3.8, 4) is 0 Å². The van der Waals surface area contributed by atoms with Gasteiger partial charge in [-0.2, -0.15) is 0 Å². The number of hydrogen-bond donors (Lipinski definition) is 1. The van der Waals surface area contributed by atoms with Crippen molar-refractivity contribution in [3.05, 3.63) is 0 Å². The predicted octanol–water partition coefficient (Wildman–Crippen LogP) is 3.97. The van der Waals surface area contributed by atoms with E-state index >= 15 is 0 Å². The van der Waals surface area contributed by atoms with Crippen molar-refractivity contribution >= 4 is 0 Å². The second-order valence-electron chi connectivity index (χ2n) is 3.32. The minimum absolute atomic E-state index is 0.750. The van der Waals surface area contributed by atoms with Crippen LogP contribution in [0.3, 0.4) is 0 Å². The van der Waals surface area contributed by atoms with E-state index in [4.69, 9.17) is 5.73 Å². The van der Waals surface area contributed by atoms with Crippen LogP contribution in [0.4, 0.5) is 0 Å². The fourth-order valence-corrected chi connectivity index (χ4v) is 1.60. The van der Waals surface area contributed by atoms with E-state index < -0.39 is 0 Å². The van der Waals surface area contributed by atoms with Gasteiger partial charge in [0.25, 0.3) is 0 Å². The zero-order valence-corrected chi connectivity index (χ0v) is 10.1. The van der Waals surface area contributed by atoms with E-state index in [1.54, 1.807) is 0 Å². The minimum Gasteiger partial charge on any atom is -0.331 e. The van der Waals surface area contributed by atoms with Gasteiger partial charge in [-0.1, -0.05) is 66.2 Å². The van der Waals surface area contributed by atoms with Crippen LogP contribution in [0.2, 0.25) is 0 Å². The Hall–Kier alpha value is -0.0400. The van der Waals surface area contributed by atoms with Gasteiger partial charge in [-0.3, -0.25) is 0 Å². The average Bonchev–Trinajstić information content (AvgIpc) is 2.23. The summed E-state index contributed by atoms with van der Waals surface area (Å²) in [7, 11) is 0. The Morgan fingerprint density at radius 1 is 1.00 bits per heavy atom. The molecular formula is C12H29N. The predicted molar refractivity (Wildman–Crippen MR) is 62.9 cm³/mol. The van der Waals surface area contributed by atoms with Crippen molar-refractivity contribution in [3.63, 3.8) is 0 Å². The molecule has 0 aromatic carbocycles. The van der Waals surface area contributed by atoms with Crippen LogP contribution in [-0.4, -0.2) is 6.54 Å². The molecule has 1 nitrogen and oxygen atoms in total. The van der Waals surface area contributed by atoms with E-state index in [1.165, 1.54) is 38.5 Å². The van der Waals surface area contributed by atoms with E-state index in [2.05, 4.69) is 6.92 Å². The Labute approximate surface area is 85.1 Å². The van der Waals surface area contributed by atoms with Crippen molar-refractivity contribution in [2.45, 2.75) is 66.2 Å². The Kier molecular flexibility index (Phi) is 17.2. The highest BCUT2D eigenvalue weighted by atomic mass is 14.5. The van der Waals surface area contributed by atoms with Crippen molar-refractivity contribution in [2.75, 3.05) is 6.54 Å². The van der Waals surface area contributed by atoms with E-state index in [-0.39, 0.29) is 0 Å². The molecule has 0 aromatic heterocycles.